The lowest BCUT2D eigenvalue weighted by atomic mass is 9.89. The van der Waals surface area contributed by atoms with Crippen LogP contribution in [0.1, 0.15) is 35.8 Å². The van der Waals surface area contributed by atoms with Crippen LogP contribution in [0.2, 0.25) is 5.02 Å². The summed E-state index contributed by atoms with van der Waals surface area (Å²) in [4.78, 5) is 39.5. The number of halogens is 2. The molecule has 3 N–H and O–H groups in total. The minimum absolute atomic E-state index is 0.0229. The number of carbonyl (C=O) groups excluding carboxylic acids is 1. The Morgan fingerprint density at radius 1 is 1.18 bits per heavy atom. The molecule has 0 bridgehead atoms. The molecule has 5 atom stereocenters. The number of amides is 1. The molecule has 3 heterocycles. The number of hydrogen-bond acceptors (Lipinski definition) is 7. The molecule has 3 aromatic rings. The zero-order valence-electron chi connectivity index (χ0n) is 19.9. The van der Waals surface area contributed by atoms with Crippen molar-refractivity contribution in [3.8, 4) is 0 Å². The van der Waals surface area contributed by atoms with E-state index in [0.717, 1.165) is 4.57 Å². The van der Waals surface area contributed by atoms with Crippen molar-refractivity contribution in [2.75, 3.05) is 6.54 Å². The van der Waals surface area contributed by atoms with Gasteiger partial charge in [-0.2, -0.15) is 0 Å². The Balaban J connectivity index is 1.41. The van der Waals surface area contributed by atoms with E-state index in [4.69, 9.17) is 16.3 Å². The van der Waals surface area contributed by atoms with Gasteiger partial charge in [0.1, 0.15) is 12.2 Å². The van der Waals surface area contributed by atoms with Crippen LogP contribution in [0, 0.1) is 0 Å². The number of aromatic nitrogens is 2. The third-order valence-corrected chi connectivity index (χ3v) is 9.20. The number of aliphatic hydroxyl groups is 1. The molecule has 200 valence electrons. The number of fused-ring (bicyclic) bond motifs is 2. The molecule has 10 nitrogen and oxygen atoms in total. The molecule has 0 spiro atoms. The Morgan fingerprint density at radius 2 is 1.89 bits per heavy atom. The number of aliphatic hydroxyl groups excluding tert-OH is 1. The fourth-order valence-corrected chi connectivity index (χ4v) is 7.21. The Bertz CT molecular complexity index is 1660. The van der Waals surface area contributed by atoms with Crippen molar-refractivity contribution in [3.63, 3.8) is 0 Å². The zero-order chi connectivity index (χ0) is 27.4. The fraction of sp³-hybridized carbons (Fsp3) is 0.320. The zero-order valence-corrected chi connectivity index (χ0v) is 21.5. The quantitative estimate of drug-likeness (QED) is 0.425. The van der Waals surface area contributed by atoms with Gasteiger partial charge in [-0.25, -0.2) is 17.6 Å². The minimum Gasteiger partial charge on any atom is -0.387 e. The molecule has 1 saturated heterocycles. The van der Waals surface area contributed by atoms with E-state index in [-0.39, 0.29) is 44.5 Å². The monoisotopic (exact) mass is 563 g/mol. The highest BCUT2D eigenvalue weighted by atomic mass is 35.5. The molecular weight excluding hydrogens is 541 g/mol. The van der Waals surface area contributed by atoms with Gasteiger partial charge >= 0.3 is 5.69 Å². The molecule has 1 amide bonds. The van der Waals surface area contributed by atoms with Crippen LogP contribution in [0.15, 0.2) is 68.0 Å². The van der Waals surface area contributed by atoms with Gasteiger partial charge in [0.15, 0.2) is 12.4 Å². The number of alkyl halides is 1. The summed E-state index contributed by atoms with van der Waals surface area (Å²) in [6, 6.07) is 10.5. The van der Waals surface area contributed by atoms with E-state index in [9.17, 15) is 27.9 Å². The van der Waals surface area contributed by atoms with Crippen LogP contribution in [0.25, 0.3) is 0 Å². The molecule has 1 unspecified atom stereocenters. The highest BCUT2D eigenvalue weighted by molar-refractivity contribution is 7.91. The third kappa shape index (κ3) is 4.17. The predicted molar refractivity (Wildman–Crippen MR) is 134 cm³/mol. The van der Waals surface area contributed by atoms with Crippen molar-refractivity contribution in [1.82, 2.24) is 14.9 Å². The summed E-state index contributed by atoms with van der Waals surface area (Å²) < 4.78 is 48.0. The largest absolute Gasteiger partial charge is 0.387 e. The summed E-state index contributed by atoms with van der Waals surface area (Å²) in [7, 11) is -3.98. The number of sulfone groups is 1. The van der Waals surface area contributed by atoms with Gasteiger partial charge in [0.05, 0.1) is 20.7 Å². The summed E-state index contributed by atoms with van der Waals surface area (Å²) in [6.45, 7) is 1.35. The molecule has 2 aliphatic heterocycles. The summed E-state index contributed by atoms with van der Waals surface area (Å²) in [5, 5.41) is 13.1. The first-order valence-electron chi connectivity index (χ1n) is 11.8. The van der Waals surface area contributed by atoms with Crippen LogP contribution in [0.5, 0.6) is 0 Å². The lowest BCUT2D eigenvalue weighted by molar-refractivity contribution is -0.122. The van der Waals surface area contributed by atoms with E-state index in [0.29, 0.717) is 0 Å². The second kappa shape index (κ2) is 9.77. The molecule has 13 heteroatoms. The predicted octanol–water partition coefficient (Wildman–Crippen LogP) is 1.44. The van der Waals surface area contributed by atoms with Crippen molar-refractivity contribution in [2.24, 2.45) is 0 Å². The van der Waals surface area contributed by atoms with E-state index < -0.39 is 57.5 Å². The fourth-order valence-electron chi connectivity index (χ4n) is 4.93. The first kappa shape index (κ1) is 26.3. The summed E-state index contributed by atoms with van der Waals surface area (Å²) in [5.74, 6) is -1.66. The molecule has 0 saturated carbocycles. The van der Waals surface area contributed by atoms with Crippen LogP contribution >= 0.6 is 11.6 Å². The molecule has 2 aromatic carbocycles. The number of nitrogens with zero attached hydrogens (tertiary/aromatic N) is 1. The van der Waals surface area contributed by atoms with Crippen LogP contribution in [-0.2, 0) is 25.8 Å². The van der Waals surface area contributed by atoms with Crippen LogP contribution < -0.4 is 16.6 Å². The number of hydrogen-bond donors (Lipinski definition) is 3. The van der Waals surface area contributed by atoms with Gasteiger partial charge in [0, 0.05) is 18.3 Å². The van der Waals surface area contributed by atoms with Crippen LogP contribution in [0.4, 0.5) is 4.39 Å². The summed E-state index contributed by atoms with van der Waals surface area (Å²) >= 11 is 6.24. The van der Waals surface area contributed by atoms with E-state index >= 15 is 4.39 Å². The molecule has 0 radical (unpaired) electrons. The summed E-state index contributed by atoms with van der Waals surface area (Å²) in [5.41, 5.74) is -0.822. The van der Waals surface area contributed by atoms with E-state index in [1.807, 2.05) is 0 Å². The number of rotatable bonds is 5. The van der Waals surface area contributed by atoms with Gasteiger partial charge in [0.25, 0.3) is 5.56 Å². The number of aryl methyl sites for hydroxylation is 1. The molecule has 2 aliphatic rings. The normalized spacial score (nSPS) is 25.4. The molecule has 38 heavy (non-hydrogen) atoms. The SMILES string of the molecule is CCc1cn([C@@H]2O[C@H](CNC(=O)C3c4ccccc4S(=O)(=O)c4c(Cl)cccc43)[C@@H](O)[C@@H]2F)c(=O)[nH]c1=O. The Kier molecular flexibility index (Phi) is 6.76. The number of aromatic amines is 1. The topological polar surface area (TPSA) is 148 Å². The highest BCUT2D eigenvalue weighted by Crippen LogP contribution is 2.44. The van der Waals surface area contributed by atoms with Gasteiger partial charge in [-0.1, -0.05) is 48.9 Å². The number of H-pyrrole nitrogens is 1. The Morgan fingerprint density at radius 3 is 2.63 bits per heavy atom. The van der Waals surface area contributed by atoms with Crippen molar-refractivity contribution in [2.45, 2.75) is 53.7 Å². The van der Waals surface area contributed by atoms with Gasteiger partial charge in [-0.15, -0.1) is 0 Å². The first-order chi connectivity index (χ1) is 18.1. The summed E-state index contributed by atoms with van der Waals surface area (Å²) in [6.07, 6.45) is -5.00. The average molecular weight is 564 g/mol. The van der Waals surface area contributed by atoms with E-state index in [1.165, 1.54) is 30.5 Å². The van der Waals surface area contributed by atoms with Crippen molar-refractivity contribution in [3.05, 3.63) is 91.2 Å². The molecular formula is C25H23ClFN3O7S. The molecule has 0 aliphatic carbocycles. The average Bonchev–Trinajstić information content (AvgIpc) is 3.16. The smallest absolute Gasteiger partial charge is 0.330 e. The number of nitrogens with one attached hydrogen (secondary N) is 2. The van der Waals surface area contributed by atoms with Gasteiger partial charge in [-0.3, -0.25) is 19.1 Å². The van der Waals surface area contributed by atoms with Crippen molar-refractivity contribution < 1.29 is 27.4 Å². The van der Waals surface area contributed by atoms with Crippen LogP contribution in [-0.4, -0.2) is 53.9 Å². The van der Waals surface area contributed by atoms with Crippen molar-refractivity contribution >= 4 is 27.3 Å². The molecule has 1 aromatic heterocycles. The maximum atomic E-state index is 15.0. The van der Waals surface area contributed by atoms with Crippen molar-refractivity contribution in [1.29, 1.82) is 0 Å². The van der Waals surface area contributed by atoms with Gasteiger partial charge in [0.2, 0.25) is 15.7 Å². The van der Waals surface area contributed by atoms with Gasteiger partial charge < -0.3 is 15.2 Å². The van der Waals surface area contributed by atoms with E-state index in [2.05, 4.69) is 10.3 Å². The second-order valence-electron chi connectivity index (χ2n) is 9.05. The maximum absolute atomic E-state index is 15.0. The minimum atomic E-state index is -3.98. The lowest BCUT2D eigenvalue weighted by Gasteiger charge is -2.28. The molecule has 1 fully saturated rings. The first-order valence-corrected chi connectivity index (χ1v) is 13.6. The Hall–Kier alpha value is -3.32. The Labute approximate surface area is 221 Å². The highest BCUT2D eigenvalue weighted by Gasteiger charge is 2.46. The van der Waals surface area contributed by atoms with Gasteiger partial charge in [-0.05, 0) is 29.7 Å². The number of carbonyl (C=O) groups is 1. The third-order valence-electron chi connectivity index (χ3n) is 6.83. The molecule has 5 rings (SSSR count). The maximum Gasteiger partial charge on any atom is 0.330 e. The van der Waals surface area contributed by atoms with E-state index in [1.54, 1.807) is 25.1 Å². The number of ether oxygens (including phenoxy) is 1. The standard InChI is InChI=1S/C25H23ClFN3O7S/c1-2-12-11-30(25(34)29-22(12)32)24-19(27)20(31)16(37-24)10-28-23(33)18-13-6-3-4-9-17(13)38(35,36)21-14(18)7-5-8-15(21)26/h3-9,11,16,18-20,24,31H,2,10H2,1H3,(H,28,33)(H,29,32,34)/t16-,18?,19+,20-,24-/m1/s1. The lowest BCUT2D eigenvalue weighted by Crippen LogP contribution is -2.41. The second-order valence-corrected chi connectivity index (χ2v) is 11.3. The number of benzene rings is 2. The van der Waals surface area contributed by atoms with Crippen LogP contribution in [0.3, 0.4) is 0 Å².